The monoisotopic (exact) mass is 247 g/mol. The fraction of sp³-hybridized carbons (Fsp3) is 0.0769. The predicted octanol–water partition coefficient (Wildman–Crippen LogP) is 2.60. The molecule has 3 nitrogen and oxygen atoms in total. The Kier molecular flexibility index (Phi) is 3.56. The van der Waals surface area contributed by atoms with Gasteiger partial charge >= 0.3 is 0 Å². The van der Waals surface area contributed by atoms with Crippen LogP contribution in [0, 0.1) is 0 Å². The van der Waals surface area contributed by atoms with Crippen molar-refractivity contribution in [3.8, 4) is 16.9 Å². The van der Waals surface area contributed by atoms with Gasteiger partial charge in [-0.15, -0.1) is 0 Å². The number of hydrogen-bond donors (Lipinski definition) is 0. The van der Waals surface area contributed by atoms with Crippen LogP contribution in [0.3, 0.4) is 0 Å². The zero-order valence-electron chi connectivity index (χ0n) is 9.25. The Labute approximate surface area is 102 Å². The Morgan fingerprint density at radius 3 is 2.29 bits per heavy atom. The van der Waals surface area contributed by atoms with Crippen LogP contribution in [0.25, 0.3) is 11.1 Å². The molecule has 88 valence electrons. The van der Waals surface area contributed by atoms with Gasteiger partial charge in [0, 0.05) is 4.90 Å². The highest BCUT2D eigenvalue weighted by Crippen LogP contribution is 2.27. The van der Waals surface area contributed by atoms with E-state index in [2.05, 4.69) is 0 Å². The summed E-state index contributed by atoms with van der Waals surface area (Å²) in [6, 6.07) is 14.2. The number of rotatable bonds is 3. The molecule has 4 heteroatoms. The Morgan fingerprint density at radius 1 is 1.06 bits per heavy atom. The molecule has 0 amide bonds. The SMILES string of the molecule is COc1ccc(-c2ccccc2S(=O)[O-])cc1. The summed E-state index contributed by atoms with van der Waals surface area (Å²) in [5, 5.41) is 0. The van der Waals surface area contributed by atoms with Gasteiger partial charge in [0.15, 0.2) is 0 Å². The maximum atomic E-state index is 11.1. The minimum Gasteiger partial charge on any atom is -0.768 e. The van der Waals surface area contributed by atoms with Crippen molar-refractivity contribution in [2.24, 2.45) is 0 Å². The van der Waals surface area contributed by atoms with E-state index < -0.39 is 11.1 Å². The molecule has 0 aliphatic heterocycles. The topological polar surface area (TPSA) is 49.4 Å². The molecule has 0 saturated carbocycles. The molecule has 2 rings (SSSR count). The summed E-state index contributed by atoms with van der Waals surface area (Å²) in [5.41, 5.74) is 1.55. The third-order valence-corrected chi connectivity index (χ3v) is 3.18. The third-order valence-electron chi connectivity index (χ3n) is 2.47. The molecule has 0 heterocycles. The first-order valence-electron chi connectivity index (χ1n) is 5.05. The lowest BCUT2D eigenvalue weighted by molar-refractivity contribution is 0.415. The Bertz CT molecular complexity index is 535. The van der Waals surface area contributed by atoms with Crippen LogP contribution < -0.4 is 4.74 Å². The summed E-state index contributed by atoms with van der Waals surface area (Å²) >= 11 is -2.23. The van der Waals surface area contributed by atoms with Crippen molar-refractivity contribution in [3.05, 3.63) is 48.5 Å². The van der Waals surface area contributed by atoms with Gasteiger partial charge < -0.3 is 9.29 Å². The molecule has 0 bridgehead atoms. The fourth-order valence-corrected chi connectivity index (χ4v) is 2.18. The Morgan fingerprint density at radius 2 is 1.71 bits per heavy atom. The van der Waals surface area contributed by atoms with Crippen LogP contribution in [0.2, 0.25) is 0 Å². The highest BCUT2D eigenvalue weighted by molar-refractivity contribution is 7.79. The van der Waals surface area contributed by atoms with E-state index in [1.807, 2.05) is 18.2 Å². The van der Waals surface area contributed by atoms with Crippen LogP contribution in [0.5, 0.6) is 5.75 Å². The summed E-state index contributed by atoms with van der Waals surface area (Å²) in [4.78, 5) is 0.303. The minimum absolute atomic E-state index is 0.303. The second kappa shape index (κ2) is 5.12. The van der Waals surface area contributed by atoms with E-state index >= 15 is 0 Å². The van der Waals surface area contributed by atoms with Gasteiger partial charge in [-0.25, -0.2) is 0 Å². The van der Waals surface area contributed by atoms with Gasteiger partial charge in [0.1, 0.15) is 5.75 Å². The highest BCUT2D eigenvalue weighted by atomic mass is 32.2. The quantitative estimate of drug-likeness (QED) is 0.783. The van der Waals surface area contributed by atoms with Gasteiger partial charge in [-0.2, -0.15) is 0 Å². The summed E-state index contributed by atoms with van der Waals surface area (Å²) in [7, 11) is 1.59. The molecule has 0 spiro atoms. The average Bonchev–Trinajstić information content (AvgIpc) is 2.39. The normalized spacial score (nSPS) is 12.1. The van der Waals surface area contributed by atoms with Gasteiger partial charge in [-0.05, 0) is 40.4 Å². The molecule has 1 unspecified atom stereocenters. The maximum Gasteiger partial charge on any atom is 0.118 e. The molecule has 1 atom stereocenters. The van der Waals surface area contributed by atoms with Crippen molar-refractivity contribution in [2.45, 2.75) is 4.90 Å². The predicted molar refractivity (Wildman–Crippen MR) is 65.6 cm³/mol. The van der Waals surface area contributed by atoms with Crippen molar-refractivity contribution >= 4 is 11.1 Å². The zero-order chi connectivity index (χ0) is 12.3. The lowest BCUT2D eigenvalue weighted by atomic mass is 10.1. The number of methoxy groups -OCH3 is 1. The summed E-state index contributed by atoms with van der Waals surface area (Å²) in [6.45, 7) is 0. The van der Waals surface area contributed by atoms with Crippen LogP contribution >= 0.6 is 0 Å². The second-order valence-electron chi connectivity index (χ2n) is 3.46. The first-order valence-corrected chi connectivity index (χ1v) is 6.12. The summed E-state index contributed by atoms with van der Waals surface area (Å²) < 4.78 is 27.2. The van der Waals surface area contributed by atoms with E-state index in [0.29, 0.717) is 10.5 Å². The molecule has 0 N–H and O–H groups in total. The molecule has 0 fully saturated rings. The highest BCUT2D eigenvalue weighted by Gasteiger charge is 2.04. The number of ether oxygens (including phenoxy) is 1. The van der Waals surface area contributed by atoms with E-state index in [9.17, 15) is 8.76 Å². The van der Waals surface area contributed by atoms with E-state index in [-0.39, 0.29) is 0 Å². The van der Waals surface area contributed by atoms with E-state index in [4.69, 9.17) is 4.74 Å². The molecule has 0 saturated heterocycles. The molecule has 2 aromatic rings. The summed E-state index contributed by atoms with van der Waals surface area (Å²) in [6.07, 6.45) is 0. The van der Waals surface area contributed by atoms with E-state index in [0.717, 1.165) is 11.3 Å². The van der Waals surface area contributed by atoms with Gasteiger partial charge in [0.25, 0.3) is 0 Å². The molecule has 0 radical (unpaired) electrons. The van der Waals surface area contributed by atoms with Crippen LogP contribution in [0.15, 0.2) is 53.4 Å². The van der Waals surface area contributed by atoms with Crippen LogP contribution in [-0.4, -0.2) is 15.9 Å². The van der Waals surface area contributed by atoms with Crippen molar-refractivity contribution in [1.29, 1.82) is 0 Å². The lowest BCUT2D eigenvalue weighted by Gasteiger charge is -2.12. The first kappa shape index (κ1) is 11.8. The third kappa shape index (κ3) is 2.54. The zero-order valence-corrected chi connectivity index (χ0v) is 10.1. The van der Waals surface area contributed by atoms with Gasteiger partial charge in [-0.1, -0.05) is 30.3 Å². The molecule has 0 aromatic heterocycles. The van der Waals surface area contributed by atoms with Crippen molar-refractivity contribution in [3.63, 3.8) is 0 Å². The molecule has 17 heavy (non-hydrogen) atoms. The van der Waals surface area contributed by atoms with Gasteiger partial charge in [0.2, 0.25) is 0 Å². The standard InChI is InChI=1S/C13H12O3S/c1-16-11-8-6-10(7-9-11)12-4-2-3-5-13(12)17(14)15/h2-9H,1H3,(H,14,15)/p-1. The van der Waals surface area contributed by atoms with Gasteiger partial charge in [-0.3, -0.25) is 4.21 Å². The van der Waals surface area contributed by atoms with Crippen LogP contribution in [0.1, 0.15) is 0 Å². The van der Waals surface area contributed by atoms with Gasteiger partial charge in [0.05, 0.1) is 7.11 Å². The average molecular weight is 247 g/mol. The molecule has 2 aromatic carbocycles. The van der Waals surface area contributed by atoms with Crippen LogP contribution in [-0.2, 0) is 11.1 Å². The Balaban J connectivity index is 2.48. The largest absolute Gasteiger partial charge is 0.768 e. The second-order valence-corrected chi connectivity index (χ2v) is 4.37. The summed E-state index contributed by atoms with van der Waals surface area (Å²) in [5.74, 6) is 0.745. The number of hydrogen-bond acceptors (Lipinski definition) is 3. The molecular weight excluding hydrogens is 236 g/mol. The number of benzene rings is 2. The first-order chi connectivity index (χ1) is 8.22. The minimum atomic E-state index is -2.23. The van der Waals surface area contributed by atoms with Crippen molar-refractivity contribution < 1.29 is 13.5 Å². The maximum absolute atomic E-state index is 11.1. The van der Waals surface area contributed by atoms with Crippen molar-refractivity contribution in [2.75, 3.05) is 7.11 Å². The molecule has 0 aliphatic rings. The van der Waals surface area contributed by atoms with E-state index in [1.54, 1.807) is 37.4 Å². The van der Waals surface area contributed by atoms with E-state index in [1.165, 1.54) is 0 Å². The van der Waals surface area contributed by atoms with Crippen LogP contribution in [0.4, 0.5) is 0 Å². The molecule has 0 aliphatic carbocycles. The lowest BCUT2D eigenvalue weighted by Crippen LogP contribution is -1.92. The molecular formula is C13H11O3S-. The Hall–Kier alpha value is -1.65. The van der Waals surface area contributed by atoms with Crippen molar-refractivity contribution in [1.82, 2.24) is 0 Å². The smallest absolute Gasteiger partial charge is 0.118 e. The fourth-order valence-electron chi connectivity index (χ4n) is 1.62.